The Morgan fingerprint density at radius 3 is 2.35 bits per heavy atom. The van der Waals surface area contributed by atoms with E-state index in [1.807, 2.05) is 32.0 Å². The van der Waals surface area contributed by atoms with Crippen LogP contribution in [0.3, 0.4) is 0 Å². The highest BCUT2D eigenvalue weighted by Gasteiger charge is 2.13. The lowest BCUT2D eigenvalue weighted by molar-refractivity contribution is 0.0993. The number of rotatable bonds is 3. The van der Waals surface area contributed by atoms with Gasteiger partial charge in [0.05, 0.1) is 10.0 Å². The molecule has 0 aliphatic rings. The minimum Gasteiger partial charge on any atom is -0.294 e. The van der Waals surface area contributed by atoms with E-state index in [0.717, 1.165) is 21.2 Å². The Bertz CT molecular complexity index is 657. The third kappa shape index (κ3) is 3.25. The summed E-state index contributed by atoms with van der Waals surface area (Å²) in [6.07, 6.45) is 0.250. The molecule has 0 aliphatic heterocycles. The van der Waals surface area contributed by atoms with E-state index in [0.29, 0.717) is 15.6 Å². The quantitative estimate of drug-likeness (QED) is 0.623. The molecule has 4 heteroatoms. The number of carbonyl (C=O) groups is 1. The summed E-state index contributed by atoms with van der Waals surface area (Å²) in [6, 6.07) is 9.11. The lowest BCUT2D eigenvalue weighted by Crippen LogP contribution is -2.05. The number of halogens is 3. The molecule has 0 bridgehead atoms. The number of carbonyl (C=O) groups excluding carboxylic acids is 1. The van der Waals surface area contributed by atoms with E-state index in [-0.39, 0.29) is 12.2 Å². The van der Waals surface area contributed by atoms with Gasteiger partial charge in [0.1, 0.15) is 0 Å². The minimum atomic E-state index is 0.0351. The number of hydrogen-bond donors (Lipinski definition) is 0. The fourth-order valence-corrected chi connectivity index (χ4v) is 2.68. The Morgan fingerprint density at radius 2 is 1.75 bits per heavy atom. The lowest BCUT2D eigenvalue weighted by atomic mass is 9.99. The predicted molar refractivity (Wildman–Crippen MR) is 88.1 cm³/mol. The third-order valence-electron chi connectivity index (χ3n) is 3.14. The Kier molecular flexibility index (Phi) is 4.90. The molecular formula is C16H13BrCl2O. The molecule has 2 aromatic carbocycles. The molecule has 0 aromatic heterocycles. The summed E-state index contributed by atoms with van der Waals surface area (Å²) in [5.41, 5.74) is 3.54. The summed E-state index contributed by atoms with van der Waals surface area (Å²) < 4.78 is 1.04. The fourth-order valence-electron chi connectivity index (χ4n) is 2.07. The molecule has 20 heavy (non-hydrogen) atoms. The van der Waals surface area contributed by atoms with Crippen molar-refractivity contribution in [3.8, 4) is 0 Å². The van der Waals surface area contributed by atoms with Crippen LogP contribution in [0.1, 0.15) is 27.0 Å². The van der Waals surface area contributed by atoms with Gasteiger partial charge >= 0.3 is 0 Å². The second-order valence-electron chi connectivity index (χ2n) is 4.74. The molecule has 0 amide bonds. The molecule has 1 nitrogen and oxygen atoms in total. The topological polar surface area (TPSA) is 17.1 Å². The van der Waals surface area contributed by atoms with Crippen LogP contribution in [-0.4, -0.2) is 5.78 Å². The zero-order valence-corrected chi connectivity index (χ0v) is 14.2. The molecule has 0 spiro atoms. The summed E-state index contributed by atoms with van der Waals surface area (Å²) in [5.74, 6) is 0.0351. The van der Waals surface area contributed by atoms with E-state index in [1.54, 1.807) is 12.1 Å². The summed E-state index contributed by atoms with van der Waals surface area (Å²) in [6.45, 7) is 3.94. The largest absolute Gasteiger partial charge is 0.294 e. The van der Waals surface area contributed by atoms with Crippen molar-refractivity contribution in [1.82, 2.24) is 0 Å². The van der Waals surface area contributed by atoms with Gasteiger partial charge in [-0.15, -0.1) is 0 Å². The normalized spacial score (nSPS) is 10.7. The van der Waals surface area contributed by atoms with Crippen LogP contribution in [0, 0.1) is 13.8 Å². The Morgan fingerprint density at radius 1 is 1.15 bits per heavy atom. The van der Waals surface area contributed by atoms with Crippen molar-refractivity contribution in [1.29, 1.82) is 0 Å². The summed E-state index contributed by atoms with van der Waals surface area (Å²) in [4.78, 5) is 12.4. The SMILES string of the molecule is Cc1cc(C(=O)Cc2cccc(Cl)c2Cl)cc(C)c1Br. The first-order chi connectivity index (χ1) is 9.40. The third-order valence-corrected chi connectivity index (χ3v) is 5.25. The second kappa shape index (κ2) is 6.30. The van der Waals surface area contributed by atoms with Crippen molar-refractivity contribution >= 4 is 44.9 Å². The van der Waals surface area contributed by atoms with E-state index in [2.05, 4.69) is 15.9 Å². The molecule has 0 atom stereocenters. The van der Waals surface area contributed by atoms with Gasteiger partial charge in [-0.1, -0.05) is 51.3 Å². The molecule has 0 saturated heterocycles. The number of hydrogen-bond acceptors (Lipinski definition) is 1. The molecule has 0 radical (unpaired) electrons. The summed E-state index contributed by atoms with van der Waals surface area (Å²) in [7, 11) is 0. The number of ketones is 1. The van der Waals surface area contributed by atoms with Gasteiger partial charge in [0, 0.05) is 16.5 Å². The molecule has 0 unspecified atom stereocenters. The molecule has 0 fully saturated rings. The molecule has 0 N–H and O–H groups in total. The van der Waals surface area contributed by atoms with Crippen molar-refractivity contribution in [2.45, 2.75) is 20.3 Å². The van der Waals surface area contributed by atoms with Crippen molar-refractivity contribution in [2.24, 2.45) is 0 Å². The highest BCUT2D eigenvalue weighted by Crippen LogP contribution is 2.27. The molecule has 0 aliphatic carbocycles. The molecule has 104 valence electrons. The Balaban J connectivity index is 2.31. The van der Waals surface area contributed by atoms with E-state index >= 15 is 0 Å². The zero-order valence-electron chi connectivity index (χ0n) is 11.1. The highest BCUT2D eigenvalue weighted by molar-refractivity contribution is 9.10. The van der Waals surface area contributed by atoms with Crippen LogP contribution in [0.2, 0.25) is 10.0 Å². The Hall–Kier alpha value is -0.830. The smallest absolute Gasteiger partial charge is 0.167 e. The monoisotopic (exact) mass is 370 g/mol. The van der Waals surface area contributed by atoms with Crippen LogP contribution in [-0.2, 0) is 6.42 Å². The first-order valence-electron chi connectivity index (χ1n) is 6.13. The van der Waals surface area contributed by atoms with Crippen LogP contribution >= 0.6 is 39.1 Å². The Labute approximate surface area is 137 Å². The van der Waals surface area contributed by atoms with Crippen molar-refractivity contribution in [2.75, 3.05) is 0 Å². The highest BCUT2D eigenvalue weighted by atomic mass is 79.9. The van der Waals surface area contributed by atoms with Gasteiger partial charge in [0.15, 0.2) is 5.78 Å². The number of benzene rings is 2. The fraction of sp³-hybridized carbons (Fsp3) is 0.188. The van der Waals surface area contributed by atoms with Crippen LogP contribution in [0.4, 0.5) is 0 Å². The zero-order chi connectivity index (χ0) is 14.9. The van der Waals surface area contributed by atoms with Gasteiger partial charge in [0.25, 0.3) is 0 Å². The maximum Gasteiger partial charge on any atom is 0.167 e. The van der Waals surface area contributed by atoms with E-state index in [4.69, 9.17) is 23.2 Å². The van der Waals surface area contributed by atoms with Crippen LogP contribution < -0.4 is 0 Å². The van der Waals surface area contributed by atoms with Crippen LogP contribution in [0.5, 0.6) is 0 Å². The minimum absolute atomic E-state index is 0.0351. The van der Waals surface area contributed by atoms with Gasteiger partial charge in [-0.3, -0.25) is 4.79 Å². The van der Waals surface area contributed by atoms with Gasteiger partial charge in [0.2, 0.25) is 0 Å². The predicted octanol–water partition coefficient (Wildman–Crippen LogP) is 5.80. The van der Waals surface area contributed by atoms with Gasteiger partial charge in [-0.25, -0.2) is 0 Å². The molecule has 0 saturated carbocycles. The first-order valence-corrected chi connectivity index (χ1v) is 7.68. The standard InChI is InChI=1S/C16H13BrCl2O/c1-9-6-12(7-10(2)15(9)17)14(20)8-11-4-3-5-13(18)16(11)19/h3-7H,8H2,1-2H3. The van der Waals surface area contributed by atoms with Gasteiger partial charge in [-0.05, 0) is 48.7 Å². The van der Waals surface area contributed by atoms with Crippen LogP contribution in [0.15, 0.2) is 34.8 Å². The average Bonchev–Trinajstić information content (AvgIpc) is 2.40. The van der Waals surface area contributed by atoms with Crippen molar-refractivity contribution in [3.63, 3.8) is 0 Å². The average molecular weight is 372 g/mol. The maximum atomic E-state index is 12.4. The second-order valence-corrected chi connectivity index (χ2v) is 6.32. The van der Waals surface area contributed by atoms with Crippen molar-refractivity contribution < 1.29 is 4.79 Å². The lowest BCUT2D eigenvalue weighted by Gasteiger charge is -2.09. The molecule has 2 aromatic rings. The number of aryl methyl sites for hydroxylation is 2. The van der Waals surface area contributed by atoms with E-state index in [1.165, 1.54) is 0 Å². The van der Waals surface area contributed by atoms with Crippen LogP contribution in [0.25, 0.3) is 0 Å². The number of Topliss-reactive ketones (excluding diaryl/α,β-unsaturated/α-hetero) is 1. The van der Waals surface area contributed by atoms with Gasteiger partial charge in [-0.2, -0.15) is 0 Å². The summed E-state index contributed by atoms with van der Waals surface area (Å²) >= 11 is 15.6. The molecule has 0 heterocycles. The van der Waals surface area contributed by atoms with Gasteiger partial charge < -0.3 is 0 Å². The summed E-state index contributed by atoms with van der Waals surface area (Å²) in [5, 5.41) is 0.924. The van der Waals surface area contributed by atoms with E-state index < -0.39 is 0 Å². The molecular weight excluding hydrogens is 359 g/mol. The van der Waals surface area contributed by atoms with E-state index in [9.17, 15) is 4.79 Å². The first kappa shape index (κ1) is 15.6. The molecule has 2 rings (SSSR count). The van der Waals surface area contributed by atoms with Crippen molar-refractivity contribution in [3.05, 3.63) is 67.1 Å². The maximum absolute atomic E-state index is 12.4.